The van der Waals surface area contributed by atoms with Gasteiger partial charge >= 0.3 is 5.97 Å². The zero-order valence-corrected chi connectivity index (χ0v) is 16.9. The molecule has 1 aromatic carbocycles. The maximum absolute atomic E-state index is 12.4. The van der Waals surface area contributed by atoms with Crippen molar-refractivity contribution in [3.63, 3.8) is 0 Å². The summed E-state index contributed by atoms with van der Waals surface area (Å²) in [5, 5.41) is 0. The summed E-state index contributed by atoms with van der Waals surface area (Å²) in [5.74, 6) is 0.749. The number of rotatable bonds is 4. The third kappa shape index (κ3) is 3.44. The Morgan fingerprint density at radius 3 is 2.54 bits per heavy atom. The van der Waals surface area contributed by atoms with Crippen LogP contribution >= 0.6 is 0 Å². The molecule has 1 saturated heterocycles. The van der Waals surface area contributed by atoms with E-state index in [9.17, 15) is 4.79 Å². The molecule has 2 aromatic rings. The van der Waals surface area contributed by atoms with Gasteiger partial charge in [-0.1, -0.05) is 0 Å². The molecule has 0 unspecified atom stereocenters. The van der Waals surface area contributed by atoms with E-state index in [1.165, 1.54) is 7.11 Å². The Hall–Kier alpha value is -2.60. The predicted molar refractivity (Wildman–Crippen MR) is 112 cm³/mol. The number of benzene rings is 1. The van der Waals surface area contributed by atoms with Crippen molar-refractivity contribution >= 4 is 17.5 Å². The van der Waals surface area contributed by atoms with Gasteiger partial charge in [0.25, 0.3) is 0 Å². The van der Waals surface area contributed by atoms with Crippen LogP contribution in [0, 0.1) is 0 Å². The monoisotopic (exact) mass is 380 g/mol. The molecule has 1 aromatic heterocycles. The number of hydrogen-bond acceptors (Lipinski definition) is 6. The van der Waals surface area contributed by atoms with Crippen molar-refractivity contribution < 1.29 is 9.53 Å². The SMILES string of the molecule is CCN1CCc2c(C(=O)OC)cc(-c3ccc(N4CCN(C)CC4)nc3)cc21. The quantitative estimate of drug-likeness (QED) is 0.760. The highest BCUT2D eigenvalue weighted by Crippen LogP contribution is 2.36. The van der Waals surface area contributed by atoms with Gasteiger partial charge in [-0.3, -0.25) is 0 Å². The number of carbonyl (C=O) groups excluding carboxylic acids is 1. The van der Waals surface area contributed by atoms with E-state index in [0.717, 1.165) is 73.9 Å². The van der Waals surface area contributed by atoms with Crippen molar-refractivity contribution in [3.05, 3.63) is 41.6 Å². The molecule has 0 N–H and O–H groups in total. The Bertz CT molecular complexity index is 858. The number of aromatic nitrogens is 1. The van der Waals surface area contributed by atoms with Crippen molar-refractivity contribution in [2.45, 2.75) is 13.3 Å². The van der Waals surface area contributed by atoms with Gasteiger partial charge in [-0.2, -0.15) is 0 Å². The van der Waals surface area contributed by atoms with E-state index >= 15 is 0 Å². The Labute approximate surface area is 166 Å². The molecule has 0 aliphatic carbocycles. The molecule has 4 rings (SSSR count). The first-order chi connectivity index (χ1) is 13.6. The first-order valence-electron chi connectivity index (χ1n) is 10.0. The summed E-state index contributed by atoms with van der Waals surface area (Å²) >= 11 is 0. The molecule has 3 heterocycles. The molecule has 0 atom stereocenters. The fourth-order valence-electron chi connectivity index (χ4n) is 4.14. The van der Waals surface area contributed by atoms with Crippen LogP contribution in [0.1, 0.15) is 22.8 Å². The molecule has 2 aliphatic heterocycles. The number of likely N-dealkylation sites (N-methyl/N-ethyl adjacent to an activating group) is 2. The molecule has 148 valence electrons. The van der Waals surface area contributed by atoms with Crippen LogP contribution in [-0.4, -0.2) is 69.3 Å². The summed E-state index contributed by atoms with van der Waals surface area (Å²) in [6.45, 7) is 8.13. The normalized spacial score (nSPS) is 17.0. The number of ether oxygens (including phenoxy) is 1. The van der Waals surface area contributed by atoms with E-state index in [1.807, 2.05) is 12.3 Å². The molecule has 0 saturated carbocycles. The van der Waals surface area contributed by atoms with E-state index in [1.54, 1.807) is 0 Å². The predicted octanol–water partition coefficient (Wildman–Crippen LogP) is 2.67. The fraction of sp³-hybridized carbons (Fsp3) is 0.455. The minimum absolute atomic E-state index is 0.266. The second-order valence-electron chi connectivity index (χ2n) is 7.54. The number of carbonyl (C=O) groups is 1. The fourth-order valence-corrected chi connectivity index (χ4v) is 4.14. The minimum Gasteiger partial charge on any atom is -0.465 e. The lowest BCUT2D eigenvalue weighted by atomic mass is 9.98. The van der Waals surface area contributed by atoms with Gasteiger partial charge in [0.1, 0.15) is 5.82 Å². The van der Waals surface area contributed by atoms with E-state index in [2.05, 4.69) is 46.9 Å². The van der Waals surface area contributed by atoms with Crippen LogP contribution < -0.4 is 9.80 Å². The smallest absolute Gasteiger partial charge is 0.338 e. The van der Waals surface area contributed by atoms with E-state index in [0.29, 0.717) is 5.56 Å². The molecule has 0 bridgehead atoms. The summed E-state index contributed by atoms with van der Waals surface area (Å²) in [7, 11) is 3.60. The van der Waals surface area contributed by atoms with Crippen LogP contribution in [0.5, 0.6) is 0 Å². The van der Waals surface area contributed by atoms with Crippen LogP contribution in [0.4, 0.5) is 11.5 Å². The molecule has 6 nitrogen and oxygen atoms in total. The second-order valence-corrected chi connectivity index (χ2v) is 7.54. The number of pyridine rings is 1. The Morgan fingerprint density at radius 2 is 1.89 bits per heavy atom. The van der Waals surface area contributed by atoms with E-state index in [4.69, 9.17) is 9.72 Å². The first-order valence-corrected chi connectivity index (χ1v) is 10.0. The summed E-state index contributed by atoms with van der Waals surface area (Å²) < 4.78 is 5.04. The number of hydrogen-bond donors (Lipinski definition) is 0. The van der Waals surface area contributed by atoms with Crippen LogP contribution in [0.3, 0.4) is 0 Å². The standard InChI is InChI=1S/C22H28N4O2/c1-4-25-8-7-18-19(22(27)28-3)13-17(14-20(18)25)16-5-6-21(23-15-16)26-11-9-24(2)10-12-26/h5-6,13-15H,4,7-12H2,1-3H3. The second kappa shape index (κ2) is 7.80. The minimum atomic E-state index is -0.266. The molecule has 2 aliphatic rings. The summed E-state index contributed by atoms with van der Waals surface area (Å²) in [5.41, 5.74) is 4.95. The molecule has 0 amide bonds. The molecular formula is C22H28N4O2. The highest BCUT2D eigenvalue weighted by Gasteiger charge is 2.25. The zero-order valence-electron chi connectivity index (χ0n) is 16.9. The third-order valence-electron chi connectivity index (χ3n) is 5.89. The maximum Gasteiger partial charge on any atom is 0.338 e. The van der Waals surface area contributed by atoms with Crippen molar-refractivity contribution in [1.82, 2.24) is 9.88 Å². The highest BCUT2D eigenvalue weighted by atomic mass is 16.5. The Morgan fingerprint density at radius 1 is 1.11 bits per heavy atom. The lowest BCUT2D eigenvalue weighted by molar-refractivity contribution is 0.0600. The van der Waals surface area contributed by atoms with Crippen LogP contribution in [0.25, 0.3) is 11.1 Å². The summed E-state index contributed by atoms with van der Waals surface area (Å²) in [6, 6.07) is 8.33. The molecule has 1 fully saturated rings. The van der Waals surface area contributed by atoms with Crippen molar-refractivity contribution in [2.24, 2.45) is 0 Å². The van der Waals surface area contributed by atoms with Crippen molar-refractivity contribution in [2.75, 3.05) is 63.2 Å². The van der Waals surface area contributed by atoms with Gasteiger partial charge in [0.15, 0.2) is 0 Å². The first kappa shape index (κ1) is 18.7. The number of piperazine rings is 1. The van der Waals surface area contributed by atoms with Gasteiger partial charge in [0.2, 0.25) is 0 Å². The molecular weight excluding hydrogens is 352 g/mol. The maximum atomic E-state index is 12.4. The molecule has 0 spiro atoms. The van der Waals surface area contributed by atoms with E-state index in [-0.39, 0.29) is 5.97 Å². The Kier molecular flexibility index (Phi) is 5.22. The number of methoxy groups -OCH3 is 1. The molecule has 6 heteroatoms. The number of esters is 1. The molecule has 28 heavy (non-hydrogen) atoms. The Balaban J connectivity index is 1.66. The van der Waals surface area contributed by atoms with Gasteiger partial charge in [0.05, 0.1) is 12.7 Å². The van der Waals surface area contributed by atoms with Gasteiger partial charge < -0.3 is 19.4 Å². The molecule has 0 radical (unpaired) electrons. The van der Waals surface area contributed by atoms with Crippen LogP contribution in [0.15, 0.2) is 30.5 Å². The van der Waals surface area contributed by atoms with Gasteiger partial charge in [-0.05, 0) is 55.8 Å². The lowest BCUT2D eigenvalue weighted by Crippen LogP contribution is -2.44. The number of nitrogens with zero attached hydrogens (tertiary/aromatic N) is 4. The number of fused-ring (bicyclic) bond motifs is 1. The topological polar surface area (TPSA) is 48.9 Å². The van der Waals surface area contributed by atoms with Crippen molar-refractivity contribution in [1.29, 1.82) is 0 Å². The lowest BCUT2D eigenvalue weighted by Gasteiger charge is -2.33. The zero-order chi connectivity index (χ0) is 19.7. The average molecular weight is 380 g/mol. The summed E-state index contributed by atoms with van der Waals surface area (Å²) in [6.07, 6.45) is 2.80. The van der Waals surface area contributed by atoms with Crippen LogP contribution in [-0.2, 0) is 11.2 Å². The largest absolute Gasteiger partial charge is 0.465 e. The van der Waals surface area contributed by atoms with E-state index < -0.39 is 0 Å². The highest BCUT2D eigenvalue weighted by molar-refractivity contribution is 5.95. The van der Waals surface area contributed by atoms with Gasteiger partial charge in [-0.15, -0.1) is 0 Å². The number of anilines is 2. The van der Waals surface area contributed by atoms with Crippen molar-refractivity contribution in [3.8, 4) is 11.1 Å². The summed E-state index contributed by atoms with van der Waals surface area (Å²) in [4.78, 5) is 24.1. The average Bonchev–Trinajstić information content (AvgIpc) is 3.16. The van der Waals surface area contributed by atoms with Gasteiger partial charge in [0, 0.05) is 56.7 Å². The van der Waals surface area contributed by atoms with Crippen LogP contribution in [0.2, 0.25) is 0 Å². The third-order valence-corrected chi connectivity index (χ3v) is 5.89. The van der Waals surface area contributed by atoms with Gasteiger partial charge in [-0.25, -0.2) is 9.78 Å².